The minimum atomic E-state index is -2.40. The second-order valence-electron chi connectivity index (χ2n) is 10.7. The summed E-state index contributed by atoms with van der Waals surface area (Å²) in [4.78, 5) is 29.5. The number of aliphatic carboxylic acids is 1. The zero-order valence-electron chi connectivity index (χ0n) is 22.9. The molecule has 2 aromatic carbocycles. The average Bonchev–Trinajstić information content (AvgIpc) is 2.95. The van der Waals surface area contributed by atoms with Crippen LogP contribution < -0.4 is 9.64 Å². The molecule has 2 N–H and O–H groups in total. The van der Waals surface area contributed by atoms with E-state index in [0.29, 0.717) is 23.9 Å². The maximum absolute atomic E-state index is 13.2. The van der Waals surface area contributed by atoms with Crippen LogP contribution in [0.15, 0.2) is 48.6 Å². The lowest BCUT2D eigenvalue weighted by molar-refractivity contribution is -0.172. The maximum atomic E-state index is 13.2. The van der Waals surface area contributed by atoms with Crippen molar-refractivity contribution in [2.45, 2.75) is 64.1 Å². The van der Waals surface area contributed by atoms with Crippen molar-refractivity contribution in [2.24, 2.45) is 5.92 Å². The molecule has 0 aromatic heterocycles. The normalized spacial score (nSPS) is 24.2. The molecule has 0 fully saturated rings. The molecule has 2 aliphatic rings. The van der Waals surface area contributed by atoms with Crippen molar-refractivity contribution in [2.75, 3.05) is 31.6 Å². The van der Waals surface area contributed by atoms with E-state index in [0.717, 1.165) is 69.3 Å². The highest BCUT2D eigenvalue weighted by Gasteiger charge is 2.48. The predicted molar refractivity (Wildman–Crippen MR) is 153 cm³/mol. The Morgan fingerprint density at radius 3 is 2.56 bits per heavy atom. The zero-order chi connectivity index (χ0) is 28.0. The van der Waals surface area contributed by atoms with Gasteiger partial charge in [-0.2, -0.15) is 0 Å². The van der Waals surface area contributed by atoms with Gasteiger partial charge in [0, 0.05) is 31.7 Å². The lowest BCUT2D eigenvalue weighted by atomic mass is 9.81. The summed E-state index contributed by atoms with van der Waals surface area (Å²) in [5, 5.41) is 22.6. The number of carboxylic acids is 1. The van der Waals surface area contributed by atoms with Crippen molar-refractivity contribution in [3.05, 3.63) is 70.3 Å². The topological polar surface area (TPSA) is 90.3 Å². The van der Waals surface area contributed by atoms with E-state index in [9.17, 15) is 19.8 Å². The van der Waals surface area contributed by atoms with Crippen molar-refractivity contribution in [1.82, 2.24) is 4.90 Å². The number of halogens is 1. The third-order valence-electron chi connectivity index (χ3n) is 7.96. The number of anilines is 1. The molecule has 2 atom stereocenters. The standard InChI is InChI=1S/C31H39ClN2O5/c1-22-29(35)33(2)16-8-5-3-4-6-9-17-34-18-10-7-11-23-19-26(32)14-12-24(23)21-39-28-15-13-25(20-27(28)34)31(22,38)30(36)37/h5,8,12-15,19-20,22,38H,3-4,6-7,9-11,16-18,21H2,1-2H3,(H,36,37)/b8-5+/t22?,31-/m0/s1. The van der Waals surface area contributed by atoms with Crippen LogP contribution in [0, 0.1) is 5.92 Å². The summed E-state index contributed by atoms with van der Waals surface area (Å²) < 4.78 is 6.35. The van der Waals surface area contributed by atoms with Crippen LogP contribution in [-0.4, -0.2) is 53.7 Å². The third kappa shape index (κ3) is 6.59. The van der Waals surface area contributed by atoms with Crippen LogP contribution in [-0.2, 0) is 28.2 Å². The number of benzene rings is 2. The van der Waals surface area contributed by atoms with Gasteiger partial charge < -0.3 is 24.7 Å². The molecule has 0 aliphatic carbocycles. The minimum Gasteiger partial charge on any atom is -0.487 e. The summed E-state index contributed by atoms with van der Waals surface area (Å²) in [7, 11) is 1.63. The number of likely N-dealkylation sites (N-methyl/N-ethyl adjacent to an activating group) is 1. The van der Waals surface area contributed by atoms with Crippen LogP contribution in [0.2, 0.25) is 5.02 Å². The highest BCUT2D eigenvalue weighted by molar-refractivity contribution is 6.30. The average molecular weight is 555 g/mol. The number of hydrogen-bond acceptors (Lipinski definition) is 5. The first-order valence-electron chi connectivity index (χ1n) is 13.9. The number of nitrogens with zero attached hydrogens (tertiary/aromatic N) is 2. The fourth-order valence-electron chi connectivity index (χ4n) is 5.47. The van der Waals surface area contributed by atoms with Gasteiger partial charge in [0.2, 0.25) is 5.91 Å². The highest BCUT2D eigenvalue weighted by Crippen LogP contribution is 2.39. The Balaban J connectivity index is 1.79. The number of aryl methyl sites for hydroxylation is 1. The molecule has 4 rings (SSSR count). The van der Waals surface area contributed by atoms with Crippen molar-refractivity contribution >= 4 is 29.2 Å². The minimum absolute atomic E-state index is 0.168. The Morgan fingerprint density at radius 2 is 1.79 bits per heavy atom. The summed E-state index contributed by atoms with van der Waals surface area (Å²) >= 11 is 6.28. The molecular weight excluding hydrogens is 516 g/mol. The fourth-order valence-corrected chi connectivity index (χ4v) is 5.66. The number of ether oxygens (including phenoxy) is 1. The van der Waals surface area contributed by atoms with E-state index in [2.05, 4.69) is 11.0 Å². The molecule has 0 radical (unpaired) electrons. The number of carbonyl (C=O) groups is 2. The van der Waals surface area contributed by atoms with Crippen LogP contribution in [0.1, 0.15) is 62.1 Å². The molecule has 39 heavy (non-hydrogen) atoms. The quantitative estimate of drug-likeness (QED) is 0.449. The Morgan fingerprint density at radius 1 is 1.03 bits per heavy atom. The number of aliphatic hydroxyl groups is 1. The molecule has 2 aromatic rings. The number of fused-ring (bicyclic) bond motifs is 2. The largest absolute Gasteiger partial charge is 0.487 e. The summed E-state index contributed by atoms with van der Waals surface area (Å²) in [6.07, 6.45) is 10.8. The third-order valence-corrected chi connectivity index (χ3v) is 8.19. The van der Waals surface area contributed by atoms with E-state index in [1.54, 1.807) is 25.2 Å². The number of rotatable bonds is 1. The van der Waals surface area contributed by atoms with Gasteiger partial charge >= 0.3 is 5.97 Å². The van der Waals surface area contributed by atoms with Gasteiger partial charge in [0.1, 0.15) is 12.4 Å². The Bertz CT molecular complexity index is 1220. The van der Waals surface area contributed by atoms with E-state index >= 15 is 0 Å². The molecule has 1 unspecified atom stereocenters. The Labute approximate surface area is 236 Å². The lowest BCUT2D eigenvalue weighted by Crippen LogP contribution is -2.49. The Kier molecular flexibility index (Phi) is 9.57. The van der Waals surface area contributed by atoms with Gasteiger partial charge in [-0.15, -0.1) is 0 Å². The second kappa shape index (κ2) is 12.9. The second-order valence-corrected chi connectivity index (χ2v) is 11.1. The first-order valence-corrected chi connectivity index (χ1v) is 14.2. The van der Waals surface area contributed by atoms with Gasteiger partial charge in [0.25, 0.3) is 0 Å². The number of hydrogen-bond donors (Lipinski definition) is 2. The highest BCUT2D eigenvalue weighted by atomic mass is 35.5. The summed E-state index contributed by atoms with van der Waals surface area (Å²) in [6, 6.07) is 10.9. The van der Waals surface area contributed by atoms with Crippen LogP contribution in [0.25, 0.3) is 0 Å². The van der Waals surface area contributed by atoms with Crippen LogP contribution in [0.4, 0.5) is 5.69 Å². The molecule has 7 nitrogen and oxygen atoms in total. The zero-order valence-corrected chi connectivity index (χ0v) is 23.6. The van der Waals surface area contributed by atoms with Gasteiger partial charge in [0.05, 0.1) is 11.6 Å². The molecule has 2 heterocycles. The maximum Gasteiger partial charge on any atom is 0.341 e. The fraction of sp³-hybridized carbons (Fsp3) is 0.484. The molecule has 2 bridgehead atoms. The monoisotopic (exact) mass is 554 g/mol. The van der Waals surface area contributed by atoms with Crippen molar-refractivity contribution in [3.8, 4) is 5.75 Å². The van der Waals surface area contributed by atoms with E-state index in [-0.39, 0.29) is 5.56 Å². The van der Waals surface area contributed by atoms with Gasteiger partial charge in [-0.25, -0.2) is 4.79 Å². The molecule has 2 aliphatic heterocycles. The van der Waals surface area contributed by atoms with E-state index < -0.39 is 23.4 Å². The van der Waals surface area contributed by atoms with E-state index in [4.69, 9.17) is 16.3 Å². The number of carboxylic acid groups (broad SMARTS) is 1. The SMILES string of the molecule is CC1C(=O)N(C)C/C=C/CCCCCN2CCCCc3cc(Cl)ccc3COc3ccc(cc32)[C@]1(O)C(=O)O. The molecule has 0 saturated heterocycles. The summed E-state index contributed by atoms with van der Waals surface area (Å²) in [6.45, 7) is 3.73. The predicted octanol–water partition coefficient (Wildman–Crippen LogP) is 5.56. The smallest absolute Gasteiger partial charge is 0.341 e. The first-order chi connectivity index (χ1) is 18.7. The first kappa shape index (κ1) is 29.0. The van der Waals surface area contributed by atoms with Crippen LogP contribution in [0.5, 0.6) is 5.75 Å². The van der Waals surface area contributed by atoms with Crippen molar-refractivity contribution in [1.29, 1.82) is 0 Å². The number of carbonyl (C=O) groups excluding carboxylic acids is 1. The van der Waals surface area contributed by atoms with Gasteiger partial charge in [-0.1, -0.05) is 42.3 Å². The summed E-state index contributed by atoms with van der Waals surface area (Å²) in [5.41, 5.74) is 0.743. The van der Waals surface area contributed by atoms with Crippen LogP contribution in [0.3, 0.4) is 0 Å². The molecule has 0 spiro atoms. The summed E-state index contributed by atoms with van der Waals surface area (Å²) in [5.74, 6) is -2.47. The van der Waals surface area contributed by atoms with Crippen molar-refractivity contribution in [3.63, 3.8) is 0 Å². The molecule has 0 saturated carbocycles. The van der Waals surface area contributed by atoms with Gasteiger partial charge in [0.15, 0.2) is 5.60 Å². The van der Waals surface area contributed by atoms with Crippen LogP contribution >= 0.6 is 11.6 Å². The lowest BCUT2D eigenvalue weighted by Gasteiger charge is -2.34. The van der Waals surface area contributed by atoms with E-state index in [1.165, 1.54) is 17.4 Å². The van der Waals surface area contributed by atoms with Gasteiger partial charge in [-0.05, 0) is 86.4 Å². The molecule has 8 heteroatoms. The van der Waals surface area contributed by atoms with E-state index in [1.807, 2.05) is 24.3 Å². The van der Waals surface area contributed by atoms with Crippen molar-refractivity contribution < 1.29 is 24.5 Å². The molecule has 1 amide bonds. The number of amides is 1. The molecular formula is C31H39ClN2O5. The number of allylic oxidation sites excluding steroid dienone is 1. The Hall–Kier alpha value is -3.03. The molecule has 210 valence electrons. The van der Waals surface area contributed by atoms with Gasteiger partial charge in [-0.3, -0.25) is 4.79 Å².